The van der Waals surface area contributed by atoms with Gasteiger partial charge in [0.15, 0.2) is 0 Å². The van der Waals surface area contributed by atoms with Crippen molar-refractivity contribution in [2.24, 2.45) is 0 Å². The summed E-state index contributed by atoms with van der Waals surface area (Å²) in [6.45, 7) is 4.99. The van der Waals surface area contributed by atoms with Crippen molar-refractivity contribution >= 4 is 29.1 Å². The summed E-state index contributed by atoms with van der Waals surface area (Å²) < 4.78 is 0. The first-order valence-electron chi connectivity index (χ1n) is 6.91. The fourth-order valence-electron chi connectivity index (χ4n) is 2.43. The number of halogens is 2. The summed E-state index contributed by atoms with van der Waals surface area (Å²) in [7, 11) is 0. The van der Waals surface area contributed by atoms with E-state index in [-0.39, 0.29) is 16.2 Å². The smallest absolute Gasteiger partial charge is 0.251 e. The van der Waals surface area contributed by atoms with E-state index in [0.717, 1.165) is 13.1 Å². The van der Waals surface area contributed by atoms with Crippen LogP contribution in [-0.2, 0) is 0 Å². The molecule has 0 aliphatic carbocycles. The van der Waals surface area contributed by atoms with Crippen LogP contribution < -0.4 is 5.32 Å². The van der Waals surface area contributed by atoms with Gasteiger partial charge in [0, 0.05) is 18.2 Å². The zero-order chi connectivity index (χ0) is 14.5. The lowest BCUT2D eigenvalue weighted by Crippen LogP contribution is -2.44. The van der Waals surface area contributed by atoms with E-state index < -0.39 is 0 Å². The van der Waals surface area contributed by atoms with Gasteiger partial charge in [-0.2, -0.15) is 0 Å². The van der Waals surface area contributed by atoms with Crippen LogP contribution in [0.25, 0.3) is 0 Å². The van der Waals surface area contributed by atoms with Gasteiger partial charge >= 0.3 is 0 Å². The van der Waals surface area contributed by atoms with Crippen molar-refractivity contribution in [2.45, 2.75) is 32.2 Å². The molecule has 1 saturated heterocycles. The molecule has 0 bridgehead atoms. The minimum absolute atomic E-state index is 0.167. The molecule has 0 spiro atoms. The second-order valence-corrected chi connectivity index (χ2v) is 5.93. The molecule has 0 aromatic carbocycles. The zero-order valence-electron chi connectivity index (χ0n) is 11.5. The van der Waals surface area contributed by atoms with Crippen LogP contribution in [0.1, 0.15) is 36.5 Å². The molecule has 1 unspecified atom stereocenters. The first-order valence-corrected chi connectivity index (χ1v) is 7.67. The fourth-order valence-corrected chi connectivity index (χ4v) is 2.89. The molecule has 1 fully saturated rings. The van der Waals surface area contributed by atoms with Gasteiger partial charge in [-0.15, -0.1) is 0 Å². The highest BCUT2D eigenvalue weighted by atomic mass is 35.5. The molecule has 1 N–H and O–H groups in total. The number of rotatable bonds is 4. The Balaban J connectivity index is 1.87. The van der Waals surface area contributed by atoms with E-state index in [2.05, 4.69) is 22.1 Å². The van der Waals surface area contributed by atoms with E-state index in [1.165, 1.54) is 31.4 Å². The maximum Gasteiger partial charge on any atom is 0.251 e. The Morgan fingerprint density at radius 3 is 2.50 bits per heavy atom. The zero-order valence-corrected chi connectivity index (χ0v) is 13.0. The number of nitrogens with zero attached hydrogens (tertiary/aromatic N) is 2. The maximum atomic E-state index is 12.1. The monoisotopic (exact) mass is 315 g/mol. The summed E-state index contributed by atoms with van der Waals surface area (Å²) in [6.07, 6.45) is 3.80. The lowest BCUT2D eigenvalue weighted by molar-refractivity contribution is 0.0930. The standard InChI is InChI=1S/C14H19Cl2N3O/c1-10(19-5-3-2-4-6-19)9-17-14(20)11-7-12(15)18-13(16)8-11/h7-8,10H,2-6,9H2,1H3,(H,17,20). The number of aromatic nitrogens is 1. The van der Waals surface area contributed by atoms with Crippen molar-refractivity contribution < 1.29 is 4.79 Å². The van der Waals surface area contributed by atoms with E-state index in [4.69, 9.17) is 23.2 Å². The Morgan fingerprint density at radius 2 is 1.90 bits per heavy atom. The van der Waals surface area contributed by atoms with Gasteiger partial charge in [0.05, 0.1) is 0 Å². The van der Waals surface area contributed by atoms with Crippen LogP contribution in [0.2, 0.25) is 10.3 Å². The summed E-state index contributed by atoms with van der Waals surface area (Å²) in [5.41, 5.74) is 0.445. The minimum Gasteiger partial charge on any atom is -0.350 e. The van der Waals surface area contributed by atoms with Gasteiger partial charge in [-0.1, -0.05) is 29.6 Å². The third kappa shape index (κ3) is 4.33. The third-order valence-corrected chi connectivity index (χ3v) is 3.98. The number of hydrogen-bond donors (Lipinski definition) is 1. The second-order valence-electron chi connectivity index (χ2n) is 5.16. The van der Waals surface area contributed by atoms with Crippen LogP contribution in [0, 0.1) is 0 Å². The predicted octanol–water partition coefficient (Wildman–Crippen LogP) is 2.99. The molecule has 2 rings (SSSR count). The van der Waals surface area contributed by atoms with Gasteiger partial charge in [-0.3, -0.25) is 9.69 Å². The number of hydrogen-bond acceptors (Lipinski definition) is 3. The van der Waals surface area contributed by atoms with Crippen molar-refractivity contribution in [1.29, 1.82) is 0 Å². The van der Waals surface area contributed by atoms with Crippen LogP contribution in [0.3, 0.4) is 0 Å². The van der Waals surface area contributed by atoms with Gasteiger partial charge in [0.25, 0.3) is 5.91 Å². The van der Waals surface area contributed by atoms with Gasteiger partial charge in [0.1, 0.15) is 10.3 Å². The first kappa shape index (κ1) is 15.5. The third-order valence-electron chi connectivity index (χ3n) is 3.60. The summed E-state index contributed by atoms with van der Waals surface area (Å²) >= 11 is 11.6. The average Bonchev–Trinajstić information content (AvgIpc) is 2.44. The molecule has 1 aromatic rings. The van der Waals surface area contributed by atoms with Crippen LogP contribution in [0.5, 0.6) is 0 Å². The second kappa shape index (κ2) is 7.25. The highest BCUT2D eigenvalue weighted by molar-refractivity contribution is 6.33. The normalized spacial score (nSPS) is 17.8. The molecule has 1 amide bonds. The van der Waals surface area contributed by atoms with Crippen molar-refractivity contribution in [1.82, 2.24) is 15.2 Å². The van der Waals surface area contributed by atoms with E-state index in [1.807, 2.05) is 0 Å². The quantitative estimate of drug-likeness (QED) is 0.869. The highest BCUT2D eigenvalue weighted by Gasteiger charge is 2.17. The van der Waals surface area contributed by atoms with Crippen LogP contribution in [0.4, 0.5) is 0 Å². The van der Waals surface area contributed by atoms with Crippen molar-refractivity contribution in [3.8, 4) is 0 Å². The molecule has 0 radical (unpaired) electrons. The molecule has 0 saturated carbocycles. The van der Waals surface area contributed by atoms with Crippen LogP contribution in [-0.4, -0.2) is 41.5 Å². The molecule has 1 atom stereocenters. The van der Waals surface area contributed by atoms with E-state index >= 15 is 0 Å². The summed E-state index contributed by atoms with van der Waals surface area (Å²) in [5, 5.41) is 3.38. The Kier molecular flexibility index (Phi) is 5.64. The van der Waals surface area contributed by atoms with Gasteiger partial charge in [-0.25, -0.2) is 4.98 Å². The first-order chi connectivity index (χ1) is 9.56. The Morgan fingerprint density at radius 1 is 1.30 bits per heavy atom. The van der Waals surface area contributed by atoms with Crippen LogP contribution >= 0.6 is 23.2 Å². The molecule has 2 heterocycles. The van der Waals surface area contributed by atoms with E-state index in [1.54, 1.807) is 0 Å². The topological polar surface area (TPSA) is 45.2 Å². The Bertz CT molecular complexity index is 455. The number of piperidine rings is 1. The van der Waals surface area contributed by atoms with E-state index in [0.29, 0.717) is 18.2 Å². The number of carbonyl (C=O) groups is 1. The average molecular weight is 316 g/mol. The number of carbonyl (C=O) groups excluding carboxylic acids is 1. The SMILES string of the molecule is CC(CNC(=O)c1cc(Cl)nc(Cl)c1)N1CCCCC1. The Labute approximate surface area is 129 Å². The summed E-state index contributed by atoms with van der Waals surface area (Å²) in [5.74, 6) is -0.167. The fraction of sp³-hybridized carbons (Fsp3) is 0.571. The van der Waals surface area contributed by atoms with Crippen LogP contribution in [0.15, 0.2) is 12.1 Å². The molecular formula is C14H19Cl2N3O. The van der Waals surface area contributed by atoms with Gasteiger partial charge in [0.2, 0.25) is 0 Å². The summed E-state index contributed by atoms with van der Waals surface area (Å²) in [6, 6.07) is 3.38. The van der Waals surface area contributed by atoms with E-state index in [9.17, 15) is 4.79 Å². The predicted molar refractivity (Wildman–Crippen MR) is 81.5 cm³/mol. The molecular weight excluding hydrogens is 297 g/mol. The van der Waals surface area contributed by atoms with Gasteiger partial charge < -0.3 is 5.32 Å². The van der Waals surface area contributed by atoms with Crippen molar-refractivity contribution in [3.05, 3.63) is 28.0 Å². The molecule has 1 aromatic heterocycles. The highest BCUT2D eigenvalue weighted by Crippen LogP contribution is 2.15. The number of nitrogens with one attached hydrogen (secondary N) is 1. The number of likely N-dealkylation sites (tertiary alicyclic amines) is 1. The number of amides is 1. The number of pyridine rings is 1. The molecule has 6 heteroatoms. The Hall–Kier alpha value is -0.840. The maximum absolute atomic E-state index is 12.1. The lowest BCUT2D eigenvalue weighted by Gasteiger charge is -2.32. The molecule has 4 nitrogen and oxygen atoms in total. The summed E-state index contributed by atoms with van der Waals surface area (Å²) in [4.78, 5) is 18.3. The minimum atomic E-state index is -0.167. The molecule has 110 valence electrons. The van der Waals surface area contributed by atoms with Crippen molar-refractivity contribution in [3.63, 3.8) is 0 Å². The molecule has 1 aliphatic heterocycles. The molecule has 1 aliphatic rings. The molecule has 20 heavy (non-hydrogen) atoms. The van der Waals surface area contributed by atoms with Crippen molar-refractivity contribution in [2.75, 3.05) is 19.6 Å². The lowest BCUT2D eigenvalue weighted by atomic mass is 10.1. The largest absolute Gasteiger partial charge is 0.350 e. The van der Waals surface area contributed by atoms with Gasteiger partial charge in [-0.05, 0) is 45.0 Å².